The van der Waals surface area contributed by atoms with Crippen molar-refractivity contribution in [3.8, 4) is 5.75 Å². The molecule has 6 N–H and O–H groups in total. The van der Waals surface area contributed by atoms with Gasteiger partial charge in [-0.25, -0.2) is 0 Å². The van der Waals surface area contributed by atoms with E-state index in [2.05, 4.69) is 61.1 Å². The third kappa shape index (κ3) is 20.8. The van der Waals surface area contributed by atoms with Crippen LogP contribution in [0.1, 0.15) is 176 Å². The van der Waals surface area contributed by atoms with E-state index in [1.807, 2.05) is 76.0 Å². The van der Waals surface area contributed by atoms with Gasteiger partial charge in [0, 0.05) is 73.1 Å². The Balaban J connectivity index is 1.02. The third-order valence-corrected chi connectivity index (χ3v) is 21.6. The van der Waals surface area contributed by atoms with Crippen molar-refractivity contribution < 1.29 is 70.8 Å². The summed E-state index contributed by atoms with van der Waals surface area (Å²) in [5, 5.41) is 6.01. The maximum Gasteiger partial charge on any atom is 0.294 e. The Kier molecular flexibility index (Phi) is 25.5. The van der Waals surface area contributed by atoms with Crippen LogP contribution in [-0.2, 0) is 60.9 Å². The number of amides is 2. The number of ether oxygens (including phenoxy) is 1. The number of nitrogens with one attached hydrogen (secondary N) is 2. The number of unbranched alkanes of at least 4 members (excludes halogenated alkanes) is 6. The lowest BCUT2D eigenvalue weighted by Gasteiger charge is -2.32. The van der Waals surface area contributed by atoms with Gasteiger partial charge in [0.1, 0.15) is 18.1 Å². The van der Waals surface area contributed by atoms with Gasteiger partial charge in [0.2, 0.25) is 17.5 Å². The van der Waals surface area contributed by atoms with Gasteiger partial charge in [0.05, 0.1) is 25.9 Å². The molecule has 3 aromatic rings. The summed E-state index contributed by atoms with van der Waals surface area (Å²) >= 11 is 0. The lowest BCUT2D eigenvalue weighted by molar-refractivity contribution is -0.438. The fraction of sp³-hybridized carbons (Fsp3) is 0.458. The summed E-state index contributed by atoms with van der Waals surface area (Å²) in [5.74, 6) is 0.0721. The lowest BCUT2D eigenvalue weighted by Crippen LogP contribution is -2.28. The minimum Gasteiger partial charge on any atom is -0.457 e. The summed E-state index contributed by atoms with van der Waals surface area (Å²) < 4.78 is 145. The minimum atomic E-state index is -4.59. The number of carbonyl (C=O) groups excluding carboxylic acids is 2. The van der Waals surface area contributed by atoms with Crippen LogP contribution in [0.15, 0.2) is 181 Å². The zero-order chi connectivity index (χ0) is 69.7. The quantitative estimate of drug-likeness (QED) is 0.0115. The second kappa shape index (κ2) is 32.0. The molecule has 3 aromatic carbocycles. The Morgan fingerprint density at radius 2 is 1.27 bits per heavy atom. The number of anilines is 1. The number of hydrogen-bond donors (Lipinski definition) is 6. The molecule has 0 saturated carbocycles. The first-order valence-corrected chi connectivity index (χ1v) is 38.6. The van der Waals surface area contributed by atoms with Gasteiger partial charge in [-0.1, -0.05) is 88.1 Å². The predicted octanol–water partition coefficient (Wildman–Crippen LogP) is 14.0. The van der Waals surface area contributed by atoms with Crippen molar-refractivity contribution in [1.82, 2.24) is 10.6 Å². The van der Waals surface area contributed by atoms with Crippen LogP contribution in [0.25, 0.3) is 0 Å². The van der Waals surface area contributed by atoms with Crippen molar-refractivity contribution in [2.45, 2.75) is 191 Å². The number of allylic oxidation sites excluding steroid dienone is 16. The number of nitrogens with zero attached hydrogens (tertiary/aromatic N) is 2. The first-order chi connectivity index (χ1) is 44.5. The van der Waals surface area contributed by atoms with Crippen molar-refractivity contribution in [3.05, 3.63) is 177 Å². The van der Waals surface area contributed by atoms with Crippen LogP contribution in [-0.4, -0.2) is 106 Å². The van der Waals surface area contributed by atoms with Crippen LogP contribution in [0.4, 0.5) is 11.4 Å². The number of hydrogen-bond acceptors (Lipinski definition) is 12. The molecule has 0 spiro atoms. The molecule has 2 heterocycles. The molecule has 4 aliphatic rings. The van der Waals surface area contributed by atoms with Crippen LogP contribution in [0, 0.1) is 5.41 Å². The summed E-state index contributed by atoms with van der Waals surface area (Å²) in [7, 11) is -17.9. The molecule has 2 aliphatic heterocycles. The Hall–Kier alpha value is -6.83. The van der Waals surface area contributed by atoms with Gasteiger partial charge in [-0.05, 0) is 212 Å². The molecule has 0 radical (unpaired) electrons. The summed E-state index contributed by atoms with van der Waals surface area (Å²) in [6, 6.07) is 14.1. The Labute approximate surface area is 563 Å². The summed E-state index contributed by atoms with van der Waals surface area (Å²) in [6.45, 7) is 20.5. The second-order valence-electron chi connectivity index (χ2n) is 26.9. The lowest BCUT2D eigenvalue weighted by atomic mass is 9.72. The largest absolute Gasteiger partial charge is 0.457 e. The normalized spacial score (nSPS) is 18.7. The van der Waals surface area contributed by atoms with Crippen LogP contribution in [0.3, 0.4) is 0 Å². The molecule has 0 bridgehead atoms. The SMILES string of the molecule is CC1=C(/C=C/C(C)=C/C=C/C(C)=C/C(=O)NCCCCCCNC(=O)CCCCC[N+]2=C(/C=C/C3=C(Oc4ccc(S(=O)(=O)O)cc4)C(=C/C=C4/N(CCCCS(=O)(=O)O)c5ccc(S(=O)(=O)O)cc5C4(C)C)/CCC3)C(C)(C)c3cc(S(=O)(=O)O)ccc32)C(C)(C)CCC1. The van der Waals surface area contributed by atoms with Gasteiger partial charge in [-0.2, -0.15) is 38.2 Å². The first kappa shape index (κ1) is 75.5. The maximum absolute atomic E-state index is 13.0. The van der Waals surface area contributed by atoms with Crippen LogP contribution >= 0.6 is 0 Å². The monoisotopic (exact) mass is 1380 g/mol. The molecule has 0 fully saturated rings. The Bertz CT molecular complexity index is 4180. The van der Waals surface area contributed by atoms with Crippen molar-refractivity contribution in [1.29, 1.82) is 0 Å². The molecule has 0 unspecified atom stereocenters. The molecule has 95 heavy (non-hydrogen) atoms. The third-order valence-electron chi connectivity index (χ3n) is 18.2. The van der Waals surface area contributed by atoms with Gasteiger partial charge in [0.25, 0.3) is 40.5 Å². The molecule has 2 aliphatic carbocycles. The topological polar surface area (TPSA) is 291 Å². The van der Waals surface area contributed by atoms with Crippen LogP contribution in [0.2, 0.25) is 0 Å². The number of fused-ring (bicyclic) bond motifs is 2. The predicted molar refractivity (Wildman–Crippen MR) is 374 cm³/mol. The van der Waals surface area contributed by atoms with E-state index in [4.69, 9.17) is 4.74 Å². The van der Waals surface area contributed by atoms with E-state index in [9.17, 15) is 61.5 Å². The number of carbonyl (C=O) groups is 2. The molecule has 0 saturated heterocycles. The van der Waals surface area contributed by atoms with Gasteiger partial charge in [0.15, 0.2) is 5.71 Å². The smallest absolute Gasteiger partial charge is 0.294 e. The zero-order valence-corrected chi connectivity index (χ0v) is 59.5. The van der Waals surface area contributed by atoms with E-state index in [1.165, 1.54) is 72.5 Å². The van der Waals surface area contributed by atoms with Gasteiger partial charge < -0.3 is 20.3 Å². The molecular formula is C72H95N4O15S4+. The van der Waals surface area contributed by atoms with Crippen molar-refractivity contribution in [3.63, 3.8) is 0 Å². The fourth-order valence-corrected chi connectivity index (χ4v) is 15.0. The van der Waals surface area contributed by atoms with Crippen LogP contribution in [0.5, 0.6) is 5.75 Å². The van der Waals surface area contributed by atoms with E-state index >= 15 is 0 Å². The van der Waals surface area contributed by atoms with Gasteiger partial charge >= 0.3 is 0 Å². The van der Waals surface area contributed by atoms with Gasteiger partial charge in [-0.3, -0.25) is 27.8 Å². The standard InChI is InChI=1S/C72H94N4O15S4/c1-51(28-37-60-53(3)24-21-42-70(60,4)5)22-19-23-52(2)48-68(78)74-44-15-11-10-14-43-73-67(77)27-13-12-16-45-75-63-38-35-58(94(85,86)87)49-61(63)71(6,7)65(75)40-29-54-25-20-26-55(69(54)91-56-31-33-57(34-32-56)93(82,83)84)30-41-66-72(8,9)62-50-59(95(88,89)90)36-39-64(62)76(66)46-17-18-47-92(79,80)81/h19,22-23,28-41,48-50H,10-18,20-21,24-27,42-47H2,1-9H3,(H5-,73,74,77,78,79,80,81,82,83,84,85,86,87,88,89,90)/p+1/b23-19+,37-28+,51-22+,52-48+. The molecule has 7 rings (SSSR count). The first-order valence-electron chi connectivity index (χ1n) is 32.6. The Morgan fingerprint density at radius 1 is 0.642 bits per heavy atom. The molecular weight excluding hydrogens is 1290 g/mol. The summed E-state index contributed by atoms with van der Waals surface area (Å²) in [6.07, 6.45) is 31.2. The average Bonchev–Trinajstić information content (AvgIpc) is 1.60. The minimum absolute atomic E-state index is 0.0393. The van der Waals surface area contributed by atoms with Crippen molar-refractivity contribution >= 4 is 69.4 Å². The Morgan fingerprint density at radius 3 is 1.93 bits per heavy atom. The van der Waals surface area contributed by atoms with E-state index in [-0.39, 0.29) is 50.6 Å². The molecule has 2 amide bonds. The van der Waals surface area contributed by atoms with Crippen LogP contribution < -0.4 is 20.3 Å². The summed E-state index contributed by atoms with van der Waals surface area (Å²) in [4.78, 5) is 26.6. The second-order valence-corrected chi connectivity index (χ2v) is 32.7. The number of rotatable bonds is 31. The van der Waals surface area contributed by atoms with Crippen molar-refractivity contribution in [2.24, 2.45) is 5.41 Å². The molecule has 0 aromatic heterocycles. The highest BCUT2D eigenvalue weighted by atomic mass is 32.2. The van der Waals surface area contributed by atoms with E-state index in [1.54, 1.807) is 18.2 Å². The highest BCUT2D eigenvalue weighted by molar-refractivity contribution is 7.86. The molecule has 516 valence electrons. The average molecular weight is 1380 g/mol. The molecule has 0 atom stereocenters. The molecule has 23 heteroatoms. The van der Waals surface area contributed by atoms with E-state index in [0.29, 0.717) is 99.3 Å². The van der Waals surface area contributed by atoms with E-state index < -0.39 is 57.1 Å². The zero-order valence-electron chi connectivity index (χ0n) is 56.2. The molecule has 19 nitrogen and oxygen atoms in total. The maximum atomic E-state index is 13.0. The van der Waals surface area contributed by atoms with Gasteiger partial charge in [-0.15, -0.1) is 0 Å². The highest BCUT2D eigenvalue weighted by Crippen LogP contribution is 2.49. The van der Waals surface area contributed by atoms with Crippen molar-refractivity contribution in [2.75, 3.05) is 36.8 Å². The highest BCUT2D eigenvalue weighted by Gasteiger charge is 2.45. The number of benzene rings is 3. The fourth-order valence-electron chi connectivity index (χ4n) is 13.0. The summed E-state index contributed by atoms with van der Waals surface area (Å²) in [5.41, 5.74) is 9.05. The van der Waals surface area contributed by atoms with E-state index in [0.717, 1.165) is 65.8 Å².